The van der Waals surface area contributed by atoms with E-state index in [2.05, 4.69) is 4.98 Å². The monoisotopic (exact) mass is 345 g/mol. The highest BCUT2D eigenvalue weighted by atomic mass is 19.4. The summed E-state index contributed by atoms with van der Waals surface area (Å²) in [5.74, 6) is -2.80. The van der Waals surface area contributed by atoms with Crippen LogP contribution in [-0.2, 0) is 16.0 Å². The van der Waals surface area contributed by atoms with E-state index >= 15 is 0 Å². The highest BCUT2D eigenvalue weighted by molar-refractivity contribution is 5.85. The molecular weight excluding hydrogens is 327 g/mol. The Morgan fingerprint density at radius 3 is 2.33 bits per heavy atom. The Bertz CT molecular complexity index is 711. The number of halogens is 3. The van der Waals surface area contributed by atoms with Crippen molar-refractivity contribution in [1.29, 1.82) is 0 Å². The van der Waals surface area contributed by atoms with Crippen LogP contribution in [0.3, 0.4) is 0 Å². The second kappa shape index (κ2) is 7.82. The number of alkyl halides is 3. The van der Waals surface area contributed by atoms with E-state index in [9.17, 15) is 18.0 Å². The van der Waals surface area contributed by atoms with E-state index in [1.165, 1.54) is 4.90 Å². The Hall–Kier alpha value is -2.55. The highest BCUT2D eigenvalue weighted by Gasteiger charge is 2.38. The summed E-state index contributed by atoms with van der Waals surface area (Å²) in [7, 11) is 3.44. The largest absolute Gasteiger partial charge is 0.490 e. The molecule has 9 heteroatoms. The molecule has 0 saturated carbocycles. The summed E-state index contributed by atoms with van der Waals surface area (Å²) < 4.78 is 31.7. The fourth-order valence-corrected chi connectivity index (χ4v) is 1.96. The Kier molecular flexibility index (Phi) is 6.35. The quantitative estimate of drug-likeness (QED) is 0.789. The number of hydrogen-bond acceptors (Lipinski definition) is 3. The molecule has 0 fully saturated rings. The fraction of sp³-hybridized carbons (Fsp3) is 0.333. The minimum absolute atomic E-state index is 0.0460. The molecule has 4 N–H and O–H groups in total. The number of nitrogens with one attached hydrogen (secondary N) is 1. The number of amides is 1. The number of carbonyl (C=O) groups is 2. The van der Waals surface area contributed by atoms with E-state index in [-0.39, 0.29) is 5.91 Å². The number of benzene rings is 1. The van der Waals surface area contributed by atoms with Crippen LogP contribution < -0.4 is 5.73 Å². The van der Waals surface area contributed by atoms with Crippen LogP contribution in [0.1, 0.15) is 5.56 Å². The first-order chi connectivity index (χ1) is 11.0. The predicted octanol–water partition coefficient (Wildman–Crippen LogP) is 1.76. The molecule has 1 aromatic heterocycles. The zero-order valence-corrected chi connectivity index (χ0v) is 13.1. The lowest BCUT2D eigenvalue weighted by Crippen LogP contribution is -2.41. The van der Waals surface area contributed by atoms with Gasteiger partial charge in [0, 0.05) is 31.2 Å². The standard InChI is InChI=1S/C13H17N3O.C2HF3O2/c1-16(2)13(17)11(14)7-9-8-15-12-6-4-3-5-10(9)12;3-2(4,5)1(6)7/h3-6,8,11,15H,7,14H2,1-2H3;(H,6,7)/t11-;/m0./s1. The highest BCUT2D eigenvalue weighted by Crippen LogP contribution is 2.18. The van der Waals surface area contributed by atoms with Gasteiger partial charge in [-0.1, -0.05) is 18.2 Å². The summed E-state index contributed by atoms with van der Waals surface area (Å²) in [6.45, 7) is 0. The zero-order chi connectivity index (χ0) is 18.5. The van der Waals surface area contributed by atoms with Gasteiger partial charge < -0.3 is 20.7 Å². The maximum Gasteiger partial charge on any atom is 0.490 e. The third kappa shape index (κ3) is 5.27. The van der Waals surface area contributed by atoms with E-state index < -0.39 is 18.2 Å². The molecule has 132 valence electrons. The number of aliphatic carboxylic acids is 1. The number of carbonyl (C=O) groups excluding carboxylic acids is 1. The molecule has 0 aliphatic carbocycles. The molecule has 0 unspecified atom stereocenters. The lowest BCUT2D eigenvalue weighted by molar-refractivity contribution is -0.192. The van der Waals surface area contributed by atoms with Crippen molar-refractivity contribution in [3.63, 3.8) is 0 Å². The molecular formula is C15H18F3N3O3. The minimum atomic E-state index is -5.08. The van der Waals surface area contributed by atoms with Gasteiger partial charge in [-0.15, -0.1) is 0 Å². The molecule has 6 nitrogen and oxygen atoms in total. The number of nitrogens with two attached hydrogens (primary N) is 1. The molecule has 0 spiro atoms. The first kappa shape index (κ1) is 19.5. The number of rotatable bonds is 3. The second-order valence-electron chi connectivity index (χ2n) is 5.21. The first-order valence-electron chi connectivity index (χ1n) is 6.86. The van der Waals surface area contributed by atoms with E-state index in [1.54, 1.807) is 14.1 Å². The van der Waals surface area contributed by atoms with Gasteiger partial charge in [-0.25, -0.2) is 4.79 Å². The van der Waals surface area contributed by atoms with E-state index in [0.717, 1.165) is 16.5 Å². The number of fused-ring (bicyclic) bond motifs is 1. The van der Waals surface area contributed by atoms with Gasteiger partial charge in [0.2, 0.25) is 5.91 Å². The van der Waals surface area contributed by atoms with Gasteiger partial charge in [0.25, 0.3) is 0 Å². The lowest BCUT2D eigenvalue weighted by atomic mass is 10.0. The number of para-hydroxylation sites is 1. The average molecular weight is 345 g/mol. The minimum Gasteiger partial charge on any atom is -0.475 e. The third-order valence-corrected chi connectivity index (χ3v) is 3.12. The smallest absolute Gasteiger partial charge is 0.475 e. The van der Waals surface area contributed by atoms with Crippen molar-refractivity contribution in [2.24, 2.45) is 5.73 Å². The van der Waals surface area contributed by atoms with Crippen molar-refractivity contribution in [3.05, 3.63) is 36.0 Å². The fourth-order valence-electron chi connectivity index (χ4n) is 1.96. The first-order valence-corrected chi connectivity index (χ1v) is 6.86. The van der Waals surface area contributed by atoms with Crippen LogP contribution in [0.2, 0.25) is 0 Å². The molecule has 0 radical (unpaired) electrons. The van der Waals surface area contributed by atoms with Crippen LogP contribution >= 0.6 is 0 Å². The number of likely N-dealkylation sites (N-methyl/N-ethyl adjacent to an activating group) is 1. The van der Waals surface area contributed by atoms with Gasteiger partial charge in [0.1, 0.15) is 0 Å². The topological polar surface area (TPSA) is 99.4 Å². The molecule has 0 aliphatic rings. The van der Waals surface area contributed by atoms with E-state index in [0.29, 0.717) is 6.42 Å². The molecule has 1 heterocycles. The Morgan fingerprint density at radius 1 is 1.29 bits per heavy atom. The van der Waals surface area contributed by atoms with Gasteiger partial charge in [-0.3, -0.25) is 4.79 Å². The van der Waals surface area contributed by atoms with Crippen LogP contribution in [0.5, 0.6) is 0 Å². The Labute approximate surface area is 136 Å². The third-order valence-electron chi connectivity index (χ3n) is 3.12. The van der Waals surface area contributed by atoms with Crippen molar-refractivity contribution in [1.82, 2.24) is 9.88 Å². The normalized spacial score (nSPS) is 12.2. The summed E-state index contributed by atoms with van der Waals surface area (Å²) in [6.07, 6.45) is -2.60. The molecule has 2 aromatic rings. The number of H-pyrrole nitrogens is 1. The lowest BCUT2D eigenvalue weighted by Gasteiger charge is -2.16. The summed E-state index contributed by atoms with van der Waals surface area (Å²) in [6, 6.07) is 7.53. The van der Waals surface area contributed by atoms with E-state index in [4.69, 9.17) is 15.6 Å². The molecule has 1 atom stereocenters. The number of aromatic nitrogens is 1. The number of aromatic amines is 1. The molecule has 2 rings (SSSR count). The molecule has 0 saturated heterocycles. The maximum absolute atomic E-state index is 11.7. The van der Waals surface area contributed by atoms with Crippen molar-refractivity contribution < 1.29 is 27.9 Å². The molecule has 1 aromatic carbocycles. The van der Waals surface area contributed by atoms with E-state index in [1.807, 2.05) is 30.5 Å². The number of carboxylic acids is 1. The molecule has 1 amide bonds. The van der Waals surface area contributed by atoms with Crippen LogP contribution in [-0.4, -0.2) is 53.2 Å². The molecule has 0 bridgehead atoms. The van der Waals surface area contributed by atoms with Gasteiger partial charge >= 0.3 is 12.1 Å². The SMILES string of the molecule is CN(C)C(=O)[C@@H](N)Cc1c[nH]c2ccccc12.O=C(O)C(F)(F)F. The van der Waals surface area contributed by atoms with Crippen LogP contribution in [0.25, 0.3) is 10.9 Å². The Morgan fingerprint density at radius 2 is 1.83 bits per heavy atom. The summed E-state index contributed by atoms with van der Waals surface area (Å²) in [5.41, 5.74) is 8.06. The van der Waals surface area contributed by atoms with Gasteiger partial charge in [-0.2, -0.15) is 13.2 Å². The number of carboxylic acid groups (broad SMARTS) is 1. The predicted molar refractivity (Wildman–Crippen MR) is 82.4 cm³/mol. The number of hydrogen-bond donors (Lipinski definition) is 3. The number of nitrogens with zero attached hydrogens (tertiary/aromatic N) is 1. The zero-order valence-electron chi connectivity index (χ0n) is 13.1. The summed E-state index contributed by atoms with van der Waals surface area (Å²) in [5, 5.41) is 8.26. The maximum atomic E-state index is 11.7. The van der Waals surface area contributed by atoms with Crippen LogP contribution in [0, 0.1) is 0 Å². The van der Waals surface area contributed by atoms with Crippen molar-refractivity contribution in [2.75, 3.05) is 14.1 Å². The van der Waals surface area contributed by atoms with Gasteiger partial charge in [0.15, 0.2) is 0 Å². The summed E-state index contributed by atoms with van der Waals surface area (Å²) in [4.78, 5) is 25.3. The second-order valence-corrected chi connectivity index (χ2v) is 5.21. The van der Waals surface area contributed by atoms with Crippen LogP contribution in [0.15, 0.2) is 30.5 Å². The van der Waals surface area contributed by atoms with Crippen LogP contribution in [0.4, 0.5) is 13.2 Å². The van der Waals surface area contributed by atoms with Gasteiger partial charge in [-0.05, 0) is 18.1 Å². The molecule has 24 heavy (non-hydrogen) atoms. The Balaban J connectivity index is 0.000000351. The van der Waals surface area contributed by atoms with Crippen molar-refractivity contribution in [2.45, 2.75) is 18.6 Å². The molecule has 0 aliphatic heterocycles. The average Bonchev–Trinajstić information content (AvgIpc) is 2.89. The van der Waals surface area contributed by atoms with Crippen molar-refractivity contribution >= 4 is 22.8 Å². The van der Waals surface area contributed by atoms with Gasteiger partial charge in [0.05, 0.1) is 6.04 Å². The van der Waals surface area contributed by atoms with Crippen molar-refractivity contribution in [3.8, 4) is 0 Å². The summed E-state index contributed by atoms with van der Waals surface area (Å²) >= 11 is 0.